The summed E-state index contributed by atoms with van der Waals surface area (Å²) in [7, 11) is 0. The fourth-order valence-electron chi connectivity index (χ4n) is 2.98. The van der Waals surface area contributed by atoms with Crippen LogP contribution in [0, 0.1) is 0 Å². The number of aromatic hydroxyl groups is 1. The van der Waals surface area contributed by atoms with Crippen LogP contribution in [-0.2, 0) is 0 Å². The molecule has 0 aliphatic carbocycles. The van der Waals surface area contributed by atoms with Crippen molar-refractivity contribution in [3.05, 3.63) is 66.2 Å². The van der Waals surface area contributed by atoms with Crippen molar-refractivity contribution in [2.75, 3.05) is 0 Å². The van der Waals surface area contributed by atoms with Gasteiger partial charge in [0.1, 0.15) is 5.75 Å². The summed E-state index contributed by atoms with van der Waals surface area (Å²) >= 11 is 0. The Labute approximate surface area is 131 Å². The van der Waals surface area contributed by atoms with Crippen LogP contribution >= 0.6 is 0 Å². The van der Waals surface area contributed by atoms with Gasteiger partial charge in [-0.2, -0.15) is 0 Å². The van der Waals surface area contributed by atoms with Gasteiger partial charge in [0.15, 0.2) is 0 Å². The molecule has 4 aromatic rings. The van der Waals surface area contributed by atoms with Crippen molar-refractivity contribution >= 4 is 27.8 Å². The van der Waals surface area contributed by atoms with Gasteiger partial charge < -0.3 is 15.2 Å². The number of H-pyrrole nitrogens is 1. The highest BCUT2D eigenvalue weighted by atomic mass is 16.4. The molecule has 1 aromatic heterocycles. The standard InChI is InChI=1S/C19H13NO3/c21-17-9-8-11(19(22)23)10-15(17)14-6-3-5-13-12-4-1-2-7-16(12)20-18(13)14/h1-10,20-21H,(H,22,23). The van der Waals surface area contributed by atoms with Crippen molar-refractivity contribution in [1.82, 2.24) is 4.98 Å². The number of aromatic nitrogens is 1. The van der Waals surface area contributed by atoms with Crippen LogP contribution in [0.15, 0.2) is 60.7 Å². The van der Waals surface area contributed by atoms with Crippen LogP contribution in [0.5, 0.6) is 5.75 Å². The number of benzene rings is 3. The molecular weight excluding hydrogens is 290 g/mol. The number of phenolic OH excluding ortho intramolecular Hbond substituents is 1. The third kappa shape index (κ3) is 2.04. The third-order valence-electron chi connectivity index (χ3n) is 4.08. The molecule has 0 saturated carbocycles. The van der Waals surface area contributed by atoms with Crippen molar-refractivity contribution in [2.24, 2.45) is 0 Å². The lowest BCUT2D eigenvalue weighted by molar-refractivity contribution is 0.0697. The van der Waals surface area contributed by atoms with E-state index in [0.717, 1.165) is 27.4 Å². The van der Waals surface area contributed by atoms with Crippen LogP contribution in [0.1, 0.15) is 10.4 Å². The average Bonchev–Trinajstić information content (AvgIpc) is 2.94. The predicted molar refractivity (Wildman–Crippen MR) is 89.9 cm³/mol. The van der Waals surface area contributed by atoms with Crippen molar-refractivity contribution < 1.29 is 15.0 Å². The summed E-state index contributed by atoms with van der Waals surface area (Å²) < 4.78 is 0. The van der Waals surface area contributed by atoms with Crippen molar-refractivity contribution in [1.29, 1.82) is 0 Å². The van der Waals surface area contributed by atoms with Crippen LogP contribution in [0.25, 0.3) is 32.9 Å². The van der Waals surface area contributed by atoms with Crippen LogP contribution in [0.2, 0.25) is 0 Å². The zero-order valence-electron chi connectivity index (χ0n) is 12.1. The van der Waals surface area contributed by atoms with E-state index >= 15 is 0 Å². The maximum Gasteiger partial charge on any atom is 0.335 e. The Balaban J connectivity index is 2.06. The fraction of sp³-hybridized carbons (Fsp3) is 0. The molecule has 3 aromatic carbocycles. The van der Waals surface area contributed by atoms with E-state index in [-0.39, 0.29) is 11.3 Å². The highest BCUT2D eigenvalue weighted by Gasteiger charge is 2.14. The molecule has 4 heteroatoms. The number of carboxylic acid groups (broad SMARTS) is 1. The summed E-state index contributed by atoms with van der Waals surface area (Å²) in [6.45, 7) is 0. The maximum absolute atomic E-state index is 11.2. The first-order valence-electron chi connectivity index (χ1n) is 7.21. The number of aromatic amines is 1. The maximum atomic E-state index is 11.2. The molecule has 1 heterocycles. The third-order valence-corrected chi connectivity index (χ3v) is 4.08. The normalized spacial score (nSPS) is 11.1. The number of nitrogens with one attached hydrogen (secondary N) is 1. The monoisotopic (exact) mass is 303 g/mol. The second-order valence-electron chi connectivity index (χ2n) is 5.44. The van der Waals surface area contributed by atoms with E-state index in [4.69, 9.17) is 0 Å². The molecular formula is C19H13NO3. The van der Waals surface area contributed by atoms with Gasteiger partial charge in [0.05, 0.1) is 11.1 Å². The molecule has 0 aliphatic rings. The van der Waals surface area contributed by atoms with Gasteiger partial charge in [-0.3, -0.25) is 0 Å². The summed E-state index contributed by atoms with van der Waals surface area (Å²) in [5, 5.41) is 21.5. The Kier molecular flexibility index (Phi) is 2.84. The minimum Gasteiger partial charge on any atom is -0.507 e. The van der Waals surface area contributed by atoms with Gasteiger partial charge in [-0.15, -0.1) is 0 Å². The van der Waals surface area contributed by atoms with Gasteiger partial charge in [-0.05, 0) is 24.3 Å². The first-order valence-corrected chi connectivity index (χ1v) is 7.21. The van der Waals surface area contributed by atoms with Crippen LogP contribution < -0.4 is 0 Å². The molecule has 0 unspecified atom stereocenters. The first-order chi connectivity index (χ1) is 11.1. The van der Waals surface area contributed by atoms with Crippen molar-refractivity contribution in [3.63, 3.8) is 0 Å². The zero-order valence-corrected chi connectivity index (χ0v) is 12.1. The Bertz CT molecular complexity index is 1060. The summed E-state index contributed by atoms with van der Waals surface area (Å²) in [5.41, 5.74) is 3.31. The van der Waals surface area contributed by atoms with E-state index < -0.39 is 5.97 Å². The minimum absolute atomic E-state index is 0.0566. The largest absolute Gasteiger partial charge is 0.507 e. The highest BCUT2D eigenvalue weighted by molar-refractivity contribution is 6.12. The quantitative estimate of drug-likeness (QED) is 0.514. The number of aromatic carboxylic acids is 1. The Morgan fingerprint density at radius 1 is 0.870 bits per heavy atom. The molecule has 3 N–H and O–H groups in total. The second kappa shape index (κ2) is 4.88. The molecule has 0 fully saturated rings. The molecule has 23 heavy (non-hydrogen) atoms. The number of phenols is 1. The van der Waals surface area contributed by atoms with Gasteiger partial charge in [0.25, 0.3) is 0 Å². The number of hydrogen-bond acceptors (Lipinski definition) is 2. The lowest BCUT2D eigenvalue weighted by Crippen LogP contribution is -1.96. The van der Waals surface area contributed by atoms with Crippen molar-refractivity contribution in [2.45, 2.75) is 0 Å². The van der Waals surface area contributed by atoms with E-state index in [1.807, 2.05) is 42.5 Å². The molecule has 4 nitrogen and oxygen atoms in total. The minimum atomic E-state index is -1.02. The second-order valence-corrected chi connectivity index (χ2v) is 5.44. The molecule has 0 radical (unpaired) electrons. The van der Waals surface area contributed by atoms with Crippen LogP contribution in [0.3, 0.4) is 0 Å². The van der Waals surface area contributed by atoms with Gasteiger partial charge in [0.2, 0.25) is 0 Å². The predicted octanol–water partition coefficient (Wildman–Crippen LogP) is 4.39. The van der Waals surface area contributed by atoms with E-state index in [2.05, 4.69) is 4.98 Å². The number of fused-ring (bicyclic) bond motifs is 3. The SMILES string of the molecule is O=C(O)c1ccc(O)c(-c2cccc3c2[nH]c2ccccc23)c1. The first kappa shape index (κ1) is 13.4. The Hall–Kier alpha value is -3.27. The molecule has 112 valence electrons. The number of rotatable bonds is 2. The van der Waals surface area contributed by atoms with Gasteiger partial charge >= 0.3 is 5.97 Å². The van der Waals surface area contributed by atoms with Gasteiger partial charge in [0, 0.05) is 27.4 Å². The number of hydrogen-bond donors (Lipinski definition) is 3. The Morgan fingerprint density at radius 2 is 1.65 bits per heavy atom. The van der Waals surface area contributed by atoms with Gasteiger partial charge in [-0.25, -0.2) is 4.79 Å². The topological polar surface area (TPSA) is 73.3 Å². The smallest absolute Gasteiger partial charge is 0.335 e. The summed E-state index contributed by atoms with van der Waals surface area (Å²) in [5.74, 6) is -0.962. The molecule has 0 spiro atoms. The van der Waals surface area contributed by atoms with E-state index in [1.165, 1.54) is 18.2 Å². The number of para-hydroxylation sites is 2. The molecule has 0 amide bonds. The molecule has 4 rings (SSSR count). The number of carboxylic acids is 1. The van der Waals surface area contributed by atoms with E-state index in [9.17, 15) is 15.0 Å². The van der Waals surface area contributed by atoms with Gasteiger partial charge in [-0.1, -0.05) is 36.4 Å². The molecule has 0 bridgehead atoms. The Morgan fingerprint density at radius 3 is 2.48 bits per heavy atom. The average molecular weight is 303 g/mol. The molecule has 0 saturated heterocycles. The van der Waals surface area contributed by atoms with Crippen molar-refractivity contribution in [3.8, 4) is 16.9 Å². The molecule has 0 aliphatic heterocycles. The summed E-state index contributed by atoms with van der Waals surface area (Å²) in [4.78, 5) is 14.6. The lowest BCUT2D eigenvalue weighted by atomic mass is 9.99. The lowest BCUT2D eigenvalue weighted by Gasteiger charge is -2.07. The molecule has 0 atom stereocenters. The zero-order chi connectivity index (χ0) is 16.0. The van der Waals surface area contributed by atoms with Crippen LogP contribution in [0.4, 0.5) is 0 Å². The fourth-order valence-corrected chi connectivity index (χ4v) is 2.98. The van der Waals surface area contributed by atoms with Crippen LogP contribution in [-0.4, -0.2) is 21.2 Å². The summed E-state index contributed by atoms with van der Waals surface area (Å²) in [6, 6.07) is 18.1. The van der Waals surface area contributed by atoms with E-state index in [0.29, 0.717) is 5.56 Å². The highest BCUT2D eigenvalue weighted by Crippen LogP contribution is 2.37. The van der Waals surface area contributed by atoms with E-state index in [1.54, 1.807) is 0 Å². The summed E-state index contributed by atoms with van der Waals surface area (Å²) in [6.07, 6.45) is 0. The number of carbonyl (C=O) groups is 1.